The van der Waals surface area contributed by atoms with Crippen molar-refractivity contribution in [3.05, 3.63) is 53.6 Å². The SMILES string of the molecule is Cc1ccc(C(=O)O)cc1NC(=O)Nc1ccccc1N. The molecule has 0 aliphatic rings. The number of rotatable bonds is 3. The van der Waals surface area contributed by atoms with E-state index in [0.717, 1.165) is 5.56 Å². The average Bonchev–Trinajstić information content (AvgIpc) is 2.43. The largest absolute Gasteiger partial charge is 0.478 e. The Kier molecular flexibility index (Phi) is 4.08. The van der Waals surface area contributed by atoms with Crippen molar-refractivity contribution in [3.8, 4) is 0 Å². The lowest BCUT2D eigenvalue weighted by Crippen LogP contribution is -2.20. The minimum atomic E-state index is -1.05. The lowest BCUT2D eigenvalue weighted by Gasteiger charge is -2.11. The number of hydrogen-bond acceptors (Lipinski definition) is 3. The van der Waals surface area contributed by atoms with Gasteiger partial charge in [-0.2, -0.15) is 0 Å². The fourth-order valence-electron chi connectivity index (χ4n) is 1.78. The third-order valence-electron chi connectivity index (χ3n) is 2.94. The van der Waals surface area contributed by atoms with E-state index in [1.54, 1.807) is 37.3 Å². The molecule has 0 unspecified atom stereocenters. The zero-order valence-corrected chi connectivity index (χ0v) is 11.4. The highest BCUT2D eigenvalue weighted by molar-refractivity contribution is 6.02. The van der Waals surface area contributed by atoms with E-state index in [2.05, 4.69) is 10.6 Å². The summed E-state index contributed by atoms with van der Waals surface area (Å²) in [6, 6.07) is 10.9. The maximum absolute atomic E-state index is 11.9. The highest BCUT2D eigenvalue weighted by Gasteiger charge is 2.10. The number of urea groups is 1. The number of carboxylic acids is 1. The highest BCUT2D eigenvalue weighted by Crippen LogP contribution is 2.19. The van der Waals surface area contributed by atoms with Crippen LogP contribution in [0.1, 0.15) is 15.9 Å². The lowest BCUT2D eigenvalue weighted by molar-refractivity contribution is 0.0697. The molecule has 0 bridgehead atoms. The molecular formula is C15H15N3O3. The second-order valence-electron chi connectivity index (χ2n) is 4.50. The number of carbonyl (C=O) groups is 2. The normalized spacial score (nSPS) is 9.95. The fraction of sp³-hybridized carbons (Fsp3) is 0.0667. The van der Waals surface area contributed by atoms with Crippen molar-refractivity contribution in [2.45, 2.75) is 6.92 Å². The number of aryl methyl sites for hydroxylation is 1. The van der Waals surface area contributed by atoms with Gasteiger partial charge in [-0.05, 0) is 36.8 Å². The predicted octanol–water partition coefficient (Wildman–Crippen LogP) is 2.92. The van der Waals surface area contributed by atoms with Gasteiger partial charge in [0.05, 0.1) is 16.9 Å². The van der Waals surface area contributed by atoms with Crippen LogP contribution in [0.3, 0.4) is 0 Å². The molecule has 108 valence electrons. The summed E-state index contributed by atoms with van der Waals surface area (Å²) in [6.45, 7) is 1.78. The first-order valence-corrected chi connectivity index (χ1v) is 6.24. The van der Waals surface area contributed by atoms with Crippen LogP contribution in [0.5, 0.6) is 0 Å². The molecule has 6 nitrogen and oxygen atoms in total. The number of nitrogen functional groups attached to an aromatic ring is 1. The molecule has 5 N–H and O–H groups in total. The highest BCUT2D eigenvalue weighted by atomic mass is 16.4. The van der Waals surface area contributed by atoms with Crippen molar-refractivity contribution in [3.63, 3.8) is 0 Å². The predicted molar refractivity (Wildman–Crippen MR) is 81.6 cm³/mol. The molecule has 0 fully saturated rings. The van der Waals surface area contributed by atoms with Crippen molar-refractivity contribution < 1.29 is 14.7 Å². The van der Waals surface area contributed by atoms with E-state index in [9.17, 15) is 9.59 Å². The standard InChI is InChI=1S/C15H15N3O3/c1-9-6-7-10(14(19)20)8-13(9)18-15(21)17-12-5-3-2-4-11(12)16/h2-8H,16H2,1H3,(H,19,20)(H2,17,18,21). The van der Waals surface area contributed by atoms with Gasteiger partial charge in [-0.25, -0.2) is 9.59 Å². The summed E-state index contributed by atoms with van der Waals surface area (Å²) in [6.07, 6.45) is 0. The van der Waals surface area contributed by atoms with Crippen LogP contribution in [0.25, 0.3) is 0 Å². The smallest absolute Gasteiger partial charge is 0.335 e. The molecule has 2 aromatic rings. The molecule has 0 aliphatic carbocycles. The summed E-state index contributed by atoms with van der Waals surface area (Å²) >= 11 is 0. The molecule has 0 saturated carbocycles. The number of hydrogen-bond donors (Lipinski definition) is 4. The van der Waals surface area contributed by atoms with Crippen LogP contribution in [0, 0.1) is 6.92 Å². The molecule has 0 aromatic heterocycles. The quantitative estimate of drug-likeness (QED) is 0.651. The summed E-state index contributed by atoms with van der Waals surface area (Å²) in [5.74, 6) is -1.05. The Bertz CT molecular complexity index is 698. The number of para-hydroxylation sites is 2. The molecule has 0 spiro atoms. The second-order valence-corrected chi connectivity index (χ2v) is 4.50. The Morgan fingerprint density at radius 2 is 1.71 bits per heavy atom. The van der Waals surface area contributed by atoms with Gasteiger partial charge < -0.3 is 21.5 Å². The first kappa shape index (κ1) is 14.4. The number of nitrogens with two attached hydrogens (primary N) is 1. The van der Waals surface area contributed by atoms with Gasteiger partial charge >= 0.3 is 12.0 Å². The van der Waals surface area contributed by atoms with Gasteiger partial charge in [0.2, 0.25) is 0 Å². The number of amides is 2. The van der Waals surface area contributed by atoms with E-state index in [1.807, 2.05) is 0 Å². The Morgan fingerprint density at radius 3 is 2.38 bits per heavy atom. The first-order chi connectivity index (χ1) is 9.97. The monoisotopic (exact) mass is 285 g/mol. The van der Waals surface area contributed by atoms with Gasteiger partial charge in [0.1, 0.15) is 0 Å². The van der Waals surface area contributed by atoms with Gasteiger partial charge in [0.25, 0.3) is 0 Å². The van der Waals surface area contributed by atoms with Crippen LogP contribution in [-0.2, 0) is 0 Å². The zero-order chi connectivity index (χ0) is 15.4. The molecule has 21 heavy (non-hydrogen) atoms. The molecule has 2 rings (SSSR count). The molecule has 2 aromatic carbocycles. The molecular weight excluding hydrogens is 270 g/mol. The summed E-state index contributed by atoms with van der Waals surface area (Å²) in [7, 11) is 0. The summed E-state index contributed by atoms with van der Waals surface area (Å²) in [5.41, 5.74) is 7.97. The van der Waals surface area contributed by atoms with Crippen molar-refractivity contribution in [1.29, 1.82) is 0 Å². The topological polar surface area (TPSA) is 104 Å². The molecule has 0 atom stereocenters. The van der Waals surface area contributed by atoms with Gasteiger partial charge in [-0.3, -0.25) is 0 Å². The minimum absolute atomic E-state index is 0.107. The van der Waals surface area contributed by atoms with Crippen molar-refractivity contribution in [2.24, 2.45) is 0 Å². The van der Waals surface area contributed by atoms with E-state index in [0.29, 0.717) is 17.1 Å². The van der Waals surface area contributed by atoms with Gasteiger partial charge in [-0.15, -0.1) is 0 Å². The Labute approximate surface area is 121 Å². The maximum Gasteiger partial charge on any atom is 0.335 e. The number of anilines is 3. The molecule has 0 aliphatic heterocycles. The Morgan fingerprint density at radius 1 is 1.05 bits per heavy atom. The van der Waals surface area contributed by atoms with Crippen LogP contribution in [0.2, 0.25) is 0 Å². The molecule has 0 saturated heterocycles. The molecule has 0 heterocycles. The van der Waals surface area contributed by atoms with Crippen molar-refractivity contribution in [1.82, 2.24) is 0 Å². The fourth-order valence-corrected chi connectivity index (χ4v) is 1.78. The van der Waals surface area contributed by atoms with Gasteiger partial charge in [0.15, 0.2) is 0 Å². The second kappa shape index (κ2) is 5.96. The maximum atomic E-state index is 11.9. The minimum Gasteiger partial charge on any atom is -0.478 e. The average molecular weight is 285 g/mol. The van der Waals surface area contributed by atoms with E-state index in [4.69, 9.17) is 10.8 Å². The molecule has 6 heteroatoms. The first-order valence-electron chi connectivity index (χ1n) is 6.24. The number of carboxylic acid groups (broad SMARTS) is 1. The van der Waals surface area contributed by atoms with Crippen LogP contribution in [-0.4, -0.2) is 17.1 Å². The number of aromatic carboxylic acids is 1. The third-order valence-corrected chi connectivity index (χ3v) is 2.94. The number of nitrogens with one attached hydrogen (secondary N) is 2. The van der Waals surface area contributed by atoms with Crippen LogP contribution < -0.4 is 16.4 Å². The summed E-state index contributed by atoms with van der Waals surface area (Å²) < 4.78 is 0. The Balaban J connectivity index is 2.15. The lowest BCUT2D eigenvalue weighted by atomic mass is 10.1. The van der Waals surface area contributed by atoms with E-state index in [-0.39, 0.29) is 5.56 Å². The van der Waals surface area contributed by atoms with E-state index in [1.165, 1.54) is 12.1 Å². The number of benzene rings is 2. The van der Waals surface area contributed by atoms with Crippen LogP contribution in [0.4, 0.5) is 21.9 Å². The zero-order valence-electron chi connectivity index (χ0n) is 11.4. The number of carbonyl (C=O) groups excluding carboxylic acids is 1. The van der Waals surface area contributed by atoms with Crippen LogP contribution >= 0.6 is 0 Å². The van der Waals surface area contributed by atoms with Gasteiger partial charge in [-0.1, -0.05) is 18.2 Å². The third kappa shape index (κ3) is 3.50. The van der Waals surface area contributed by atoms with Crippen LogP contribution in [0.15, 0.2) is 42.5 Å². The Hall–Kier alpha value is -3.02. The van der Waals surface area contributed by atoms with Crippen molar-refractivity contribution >= 4 is 29.1 Å². The molecule has 2 amide bonds. The molecule has 0 radical (unpaired) electrons. The van der Waals surface area contributed by atoms with Crippen molar-refractivity contribution in [2.75, 3.05) is 16.4 Å². The summed E-state index contributed by atoms with van der Waals surface area (Å²) in [5, 5.41) is 14.2. The van der Waals surface area contributed by atoms with E-state index >= 15 is 0 Å². The van der Waals surface area contributed by atoms with E-state index < -0.39 is 12.0 Å². The summed E-state index contributed by atoms with van der Waals surface area (Å²) in [4.78, 5) is 22.9. The van der Waals surface area contributed by atoms with Gasteiger partial charge in [0, 0.05) is 5.69 Å².